The Balaban J connectivity index is 2.03. The Morgan fingerprint density at radius 2 is 1.83 bits per heavy atom. The van der Waals surface area contributed by atoms with Crippen LogP contribution in [0.5, 0.6) is 0 Å². The van der Waals surface area contributed by atoms with E-state index in [-0.39, 0.29) is 5.91 Å². The topological polar surface area (TPSA) is 46.1 Å². The number of carbonyl (C=O) groups is 1. The summed E-state index contributed by atoms with van der Waals surface area (Å²) in [5.74, 6) is 0.954. The zero-order valence-corrected chi connectivity index (χ0v) is 11.0. The lowest BCUT2D eigenvalue weighted by molar-refractivity contribution is -0.122. The first-order valence-corrected chi connectivity index (χ1v) is 6.77. The Labute approximate surface area is 107 Å². The molecule has 0 N–H and O–H groups in total. The SMILES string of the molecule is CC1(C)C(=O)N(C2CCCCC2)c2nccnc21. The van der Waals surface area contributed by atoms with E-state index in [1.807, 2.05) is 18.7 Å². The maximum atomic E-state index is 12.6. The molecule has 96 valence electrons. The molecule has 18 heavy (non-hydrogen) atoms. The van der Waals surface area contributed by atoms with Gasteiger partial charge in [-0.25, -0.2) is 4.98 Å². The van der Waals surface area contributed by atoms with Crippen molar-refractivity contribution in [3.63, 3.8) is 0 Å². The summed E-state index contributed by atoms with van der Waals surface area (Å²) in [6.07, 6.45) is 9.27. The van der Waals surface area contributed by atoms with E-state index in [2.05, 4.69) is 9.97 Å². The molecular formula is C14H19N3O. The Kier molecular flexibility index (Phi) is 2.61. The molecule has 0 saturated heterocycles. The number of hydrogen-bond donors (Lipinski definition) is 0. The van der Waals surface area contributed by atoms with E-state index in [1.165, 1.54) is 19.3 Å². The molecule has 1 aliphatic carbocycles. The maximum Gasteiger partial charge on any atom is 0.240 e. The minimum absolute atomic E-state index is 0.163. The monoisotopic (exact) mass is 245 g/mol. The number of rotatable bonds is 1. The lowest BCUT2D eigenvalue weighted by Crippen LogP contribution is -2.44. The van der Waals surface area contributed by atoms with Crippen molar-refractivity contribution >= 4 is 11.7 Å². The van der Waals surface area contributed by atoms with Gasteiger partial charge in [-0.15, -0.1) is 0 Å². The summed E-state index contributed by atoms with van der Waals surface area (Å²) in [6, 6.07) is 0.323. The molecule has 3 rings (SSSR count). The fourth-order valence-corrected chi connectivity index (χ4v) is 3.12. The lowest BCUT2D eigenvalue weighted by Gasteiger charge is -2.31. The van der Waals surface area contributed by atoms with Gasteiger partial charge in [-0.2, -0.15) is 0 Å². The van der Waals surface area contributed by atoms with Gasteiger partial charge >= 0.3 is 0 Å². The third kappa shape index (κ3) is 1.55. The second kappa shape index (κ2) is 4.04. The summed E-state index contributed by atoms with van der Waals surface area (Å²) in [5, 5.41) is 0. The van der Waals surface area contributed by atoms with E-state index in [9.17, 15) is 4.79 Å². The van der Waals surface area contributed by atoms with Gasteiger partial charge in [0.25, 0.3) is 0 Å². The number of hydrogen-bond acceptors (Lipinski definition) is 3. The normalized spacial score (nSPS) is 23.2. The van der Waals surface area contributed by atoms with Crippen LogP contribution in [0.15, 0.2) is 12.4 Å². The Morgan fingerprint density at radius 3 is 2.56 bits per heavy atom. The highest BCUT2D eigenvalue weighted by atomic mass is 16.2. The molecule has 1 aromatic rings. The summed E-state index contributed by atoms with van der Waals surface area (Å²) in [6.45, 7) is 3.90. The molecule has 1 aromatic heterocycles. The van der Waals surface area contributed by atoms with Gasteiger partial charge in [0.1, 0.15) is 0 Å². The molecule has 0 bridgehead atoms. The fourth-order valence-electron chi connectivity index (χ4n) is 3.12. The van der Waals surface area contributed by atoms with Crippen molar-refractivity contribution in [2.45, 2.75) is 57.4 Å². The first-order valence-electron chi connectivity index (χ1n) is 6.77. The minimum Gasteiger partial charge on any atom is -0.291 e. The molecule has 1 aliphatic heterocycles. The van der Waals surface area contributed by atoms with Crippen LogP contribution < -0.4 is 4.90 Å². The van der Waals surface area contributed by atoms with Crippen LogP contribution in [0.4, 0.5) is 5.82 Å². The highest BCUT2D eigenvalue weighted by molar-refractivity contribution is 6.06. The smallest absolute Gasteiger partial charge is 0.240 e. The molecule has 4 heteroatoms. The molecule has 0 unspecified atom stereocenters. The quantitative estimate of drug-likeness (QED) is 0.763. The van der Waals surface area contributed by atoms with Crippen molar-refractivity contribution in [1.29, 1.82) is 0 Å². The minimum atomic E-state index is -0.527. The third-order valence-electron chi connectivity index (χ3n) is 4.19. The predicted molar refractivity (Wildman–Crippen MR) is 69.4 cm³/mol. The van der Waals surface area contributed by atoms with Crippen LogP contribution in [0.25, 0.3) is 0 Å². The molecule has 2 heterocycles. The van der Waals surface area contributed by atoms with Gasteiger partial charge in [0, 0.05) is 18.4 Å². The number of fused-ring (bicyclic) bond motifs is 1. The van der Waals surface area contributed by atoms with Gasteiger partial charge < -0.3 is 0 Å². The predicted octanol–water partition coefficient (Wildman–Crippen LogP) is 2.43. The standard InChI is InChI=1S/C14H19N3O/c1-14(2)11-12(16-9-8-15-11)17(13(14)18)10-6-4-3-5-7-10/h8-10H,3-7H2,1-2H3. The van der Waals surface area contributed by atoms with Crippen molar-refractivity contribution in [1.82, 2.24) is 9.97 Å². The third-order valence-corrected chi connectivity index (χ3v) is 4.19. The van der Waals surface area contributed by atoms with E-state index in [4.69, 9.17) is 0 Å². The van der Waals surface area contributed by atoms with Gasteiger partial charge in [0.05, 0.1) is 11.1 Å². The van der Waals surface area contributed by atoms with Crippen molar-refractivity contribution < 1.29 is 4.79 Å². The zero-order valence-electron chi connectivity index (χ0n) is 11.0. The molecule has 1 saturated carbocycles. The van der Waals surface area contributed by atoms with Crippen LogP contribution in [-0.2, 0) is 10.2 Å². The molecule has 4 nitrogen and oxygen atoms in total. The number of aromatic nitrogens is 2. The van der Waals surface area contributed by atoms with Gasteiger partial charge in [0.2, 0.25) is 5.91 Å². The summed E-state index contributed by atoms with van der Waals surface area (Å²) >= 11 is 0. The zero-order chi connectivity index (χ0) is 12.8. The van der Waals surface area contributed by atoms with E-state index in [1.54, 1.807) is 12.4 Å². The van der Waals surface area contributed by atoms with Crippen molar-refractivity contribution in [3.8, 4) is 0 Å². The lowest BCUT2D eigenvalue weighted by atomic mass is 9.90. The van der Waals surface area contributed by atoms with Crippen LogP contribution in [0.1, 0.15) is 51.6 Å². The Morgan fingerprint density at radius 1 is 1.17 bits per heavy atom. The van der Waals surface area contributed by atoms with E-state index < -0.39 is 5.41 Å². The Hall–Kier alpha value is -1.45. The molecule has 0 radical (unpaired) electrons. The van der Waals surface area contributed by atoms with Gasteiger partial charge in [0.15, 0.2) is 5.82 Å². The molecule has 0 aromatic carbocycles. The molecule has 0 spiro atoms. The second-order valence-corrected chi connectivity index (χ2v) is 5.82. The highest BCUT2D eigenvalue weighted by Crippen LogP contribution is 2.41. The molecule has 1 fully saturated rings. The largest absolute Gasteiger partial charge is 0.291 e. The van der Waals surface area contributed by atoms with Gasteiger partial charge in [-0.1, -0.05) is 19.3 Å². The van der Waals surface area contributed by atoms with Crippen molar-refractivity contribution in [2.24, 2.45) is 0 Å². The van der Waals surface area contributed by atoms with Crippen molar-refractivity contribution in [2.75, 3.05) is 4.90 Å². The molecule has 0 atom stereocenters. The Bertz CT molecular complexity index is 478. The van der Waals surface area contributed by atoms with Gasteiger partial charge in [-0.05, 0) is 26.7 Å². The number of carbonyl (C=O) groups excluding carboxylic acids is 1. The highest BCUT2D eigenvalue weighted by Gasteiger charge is 2.48. The van der Waals surface area contributed by atoms with Crippen LogP contribution >= 0.6 is 0 Å². The summed E-state index contributed by atoms with van der Waals surface area (Å²) in [4.78, 5) is 23.3. The number of anilines is 1. The second-order valence-electron chi connectivity index (χ2n) is 5.82. The van der Waals surface area contributed by atoms with E-state index >= 15 is 0 Å². The molecular weight excluding hydrogens is 226 g/mol. The fraction of sp³-hybridized carbons (Fsp3) is 0.643. The summed E-state index contributed by atoms with van der Waals surface area (Å²) < 4.78 is 0. The van der Waals surface area contributed by atoms with Crippen molar-refractivity contribution in [3.05, 3.63) is 18.1 Å². The van der Waals surface area contributed by atoms with Crippen LogP contribution in [0, 0.1) is 0 Å². The summed E-state index contributed by atoms with van der Waals surface area (Å²) in [7, 11) is 0. The van der Waals surface area contributed by atoms with E-state index in [0.29, 0.717) is 6.04 Å². The summed E-state index contributed by atoms with van der Waals surface area (Å²) in [5.41, 5.74) is 0.307. The molecule has 2 aliphatic rings. The number of amides is 1. The van der Waals surface area contributed by atoms with E-state index in [0.717, 1.165) is 24.4 Å². The van der Waals surface area contributed by atoms with Crippen LogP contribution in [0.3, 0.4) is 0 Å². The van der Waals surface area contributed by atoms with Crippen LogP contribution in [-0.4, -0.2) is 21.9 Å². The van der Waals surface area contributed by atoms with Crippen LogP contribution in [0.2, 0.25) is 0 Å². The average molecular weight is 245 g/mol. The average Bonchev–Trinajstić information content (AvgIpc) is 2.60. The molecule has 1 amide bonds. The van der Waals surface area contributed by atoms with Gasteiger partial charge in [-0.3, -0.25) is 14.7 Å². The first kappa shape index (κ1) is 11.6. The first-order chi connectivity index (χ1) is 8.62. The number of nitrogens with zero attached hydrogens (tertiary/aromatic N) is 3. The maximum absolute atomic E-state index is 12.6.